The highest BCUT2D eigenvalue weighted by Crippen LogP contribution is 2.22. The van der Waals surface area contributed by atoms with Crippen LogP contribution in [0.4, 0.5) is 8.78 Å². The van der Waals surface area contributed by atoms with Crippen molar-refractivity contribution in [3.8, 4) is 11.6 Å². The number of aromatic nitrogens is 2. The summed E-state index contributed by atoms with van der Waals surface area (Å²) in [5, 5.41) is 2.17. The zero-order chi connectivity index (χ0) is 28.3. The molecule has 0 bridgehead atoms. The Kier molecular flexibility index (Phi) is 8.36. The Labute approximate surface area is 226 Å². The lowest BCUT2D eigenvalue weighted by molar-refractivity contribution is -0.139. The Morgan fingerprint density at radius 2 is 1.95 bits per heavy atom. The Bertz CT molecular complexity index is 1510. The number of aryl methyl sites for hydroxylation is 1. The predicted molar refractivity (Wildman–Crippen MR) is 135 cm³/mol. The Balaban J connectivity index is 1.52. The molecule has 39 heavy (non-hydrogen) atoms. The van der Waals surface area contributed by atoms with E-state index in [1.807, 2.05) is 0 Å². The molecule has 13 heteroatoms. The second kappa shape index (κ2) is 11.7. The summed E-state index contributed by atoms with van der Waals surface area (Å²) in [6, 6.07) is 6.47. The van der Waals surface area contributed by atoms with Gasteiger partial charge in [-0.3, -0.25) is 28.6 Å². The van der Waals surface area contributed by atoms with Gasteiger partial charge in [0.05, 0.1) is 25.3 Å². The fourth-order valence-corrected chi connectivity index (χ4v) is 4.13. The zero-order valence-electron chi connectivity index (χ0n) is 20.9. The van der Waals surface area contributed by atoms with Crippen LogP contribution in [0.25, 0.3) is 5.69 Å². The van der Waals surface area contributed by atoms with Gasteiger partial charge in [0, 0.05) is 24.3 Å². The maximum absolute atomic E-state index is 13.9. The number of hydrogen-bond donors (Lipinski definition) is 1. The Morgan fingerprint density at radius 1 is 1.18 bits per heavy atom. The molecular formula is C26H23ClF2N4O6. The van der Waals surface area contributed by atoms with Crippen molar-refractivity contribution in [3.63, 3.8) is 0 Å². The number of rotatable bonds is 9. The van der Waals surface area contributed by atoms with Gasteiger partial charge in [-0.05, 0) is 36.8 Å². The average molecular weight is 561 g/mol. The first kappa shape index (κ1) is 27.9. The van der Waals surface area contributed by atoms with Crippen LogP contribution >= 0.6 is 11.6 Å². The molecule has 1 aliphatic heterocycles. The van der Waals surface area contributed by atoms with Gasteiger partial charge in [0.1, 0.15) is 30.6 Å². The molecule has 3 amide bonds. The van der Waals surface area contributed by atoms with Crippen LogP contribution in [-0.2, 0) is 20.9 Å². The Hall–Kier alpha value is -4.16. The number of amides is 3. The van der Waals surface area contributed by atoms with Crippen molar-refractivity contribution in [2.75, 3.05) is 20.3 Å². The molecule has 1 aromatic heterocycles. The minimum Gasteiger partial charge on any atom is -0.471 e. The normalized spacial score (nSPS) is 15.1. The van der Waals surface area contributed by atoms with Crippen molar-refractivity contribution >= 4 is 29.3 Å². The van der Waals surface area contributed by atoms with Gasteiger partial charge in [0.2, 0.25) is 11.8 Å². The van der Waals surface area contributed by atoms with Crippen LogP contribution in [0, 0.1) is 18.6 Å². The van der Waals surface area contributed by atoms with E-state index < -0.39 is 41.0 Å². The van der Waals surface area contributed by atoms with Crippen molar-refractivity contribution in [2.24, 2.45) is 0 Å². The fraction of sp³-hybridized carbons (Fsp3) is 0.269. The number of likely N-dealkylation sites (tertiary alicyclic amines) is 1. The molecule has 204 valence electrons. The van der Waals surface area contributed by atoms with Gasteiger partial charge < -0.3 is 14.8 Å². The van der Waals surface area contributed by atoms with E-state index in [0.29, 0.717) is 11.6 Å². The quantitative estimate of drug-likeness (QED) is 0.399. The minimum absolute atomic E-state index is 0.0391. The standard InChI is InChI=1S/C26H23ClF2N4O6/c1-14-3-4-15(23(35)31-19-11-21(34)32(25(19)36)7-8-38-2)9-20(14)33-13-30-24(22(27)26(33)37)39-12-16-5-6-17(28)10-18(16)29/h3-6,9-10,13,19H,7-8,11-12H2,1-2H3,(H,31,35)/t19-/m0/s1. The van der Waals surface area contributed by atoms with Gasteiger partial charge in [-0.25, -0.2) is 13.8 Å². The van der Waals surface area contributed by atoms with Crippen molar-refractivity contribution in [2.45, 2.75) is 26.0 Å². The molecule has 10 nitrogen and oxygen atoms in total. The lowest BCUT2D eigenvalue weighted by Crippen LogP contribution is -2.42. The van der Waals surface area contributed by atoms with Gasteiger partial charge in [-0.15, -0.1) is 0 Å². The molecule has 0 spiro atoms. The van der Waals surface area contributed by atoms with Gasteiger partial charge >= 0.3 is 0 Å². The highest BCUT2D eigenvalue weighted by molar-refractivity contribution is 6.31. The highest BCUT2D eigenvalue weighted by Gasteiger charge is 2.39. The number of ether oxygens (including phenoxy) is 2. The number of benzene rings is 2. The molecule has 2 aromatic carbocycles. The predicted octanol–water partition coefficient (Wildman–Crippen LogP) is 2.56. The smallest absolute Gasteiger partial charge is 0.280 e. The van der Waals surface area contributed by atoms with Gasteiger partial charge in [-0.2, -0.15) is 0 Å². The molecule has 4 rings (SSSR count). The van der Waals surface area contributed by atoms with Crippen LogP contribution in [0.2, 0.25) is 5.02 Å². The first-order chi connectivity index (χ1) is 18.6. The summed E-state index contributed by atoms with van der Waals surface area (Å²) in [7, 11) is 1.45. The first-order valence-corrected chi connectivity index (χ1v) is 12.1. The molecule has 0 saturated carbocycles. The zero-order valence-corrected chi connectivity index (χ0v) is 21.6. The summed E-state index contributed by atoms with van der Waals surface area (Å²) in [6.07, 6.45) is 0.969. The van der Waals surface area contributed by atoms with E-state index in [4.69, 9.17) is 21.1 Å². The van der Waals surface area contributed by atoms with Crippen LogP contribution in [0.3, 0.4) is 0 Å². The molecule has 2 heterocycles. The molecule has 3 aromatic rings. The van der Waals surface area contributed by atoms with Crippen LogP contribution in [-0.4, -0.2) is 58.5 Å². The molecule has 0 aliphatic carbocycles. The molecule has 1 saturated heterocycles. The second-order valence-electron chi connectivity index (χ2n) is 8.67. The van der Waals surface area contributed by atoms with Crippen LogP contribution < -0.4 is 15.6 Å². The first-order valence-electron chi connectivity index (χ1n) is 11.7. The number of carbonyl (C=O) groups is 3. The van der Waals surface area contributed by atoms with E-state index >= 15 is 0 Å². The third-order valence-corrected chi connectivity index (χ3v) is 6.39. The van der Waals surface area contributed by atoms with Crippen molar-refractivity contribution < 1.29 is 32.6 Å². The maximum atomic E-state index is 13.9. The van der Waals surface area contributed by atoms with Gasteiger partial charge in [-0.1, -0.05) is 17.7 Å². The number of nitrogens with one attached hydrogen (secondary N) is 1. The molecule has 1 N–H and O–H groups in total. The summed E-state index contributed by atoms with van der Waals surface area (Å²) in [5.74, 6) is -3.38. The van der Waals surface area contributed by atoms with Crippen LogP contribution in [0.15, 0.2) is 47.5 Å². The monoisotopic (exact) mass is 560 g/mol. The van der Waals surface area contributed by atoms with Crippen LogP contribution in [0.1, 0.15) is 27.9 Å². The summed E-state index contributed by atoms with van der Waals surface area (Å²) < 4.78 is 38.4. The molecule has 1 aliphatic rings. The fourth-order valence-electron chi connectivity index (χ4n) is 3.94. The van der Waals surface area contributed by atoms with Crippen molar-refractivity contribution in [3.05, 3.63) is 86.4 Å². The lowest BCUT2D eigenvalue weighted by Gasteiger charge is -2.16. The second-order valence-corrected chi connectivity index (χ2v) is 9.05. The number of carbonyl (C=O) groups excluding carboxylic acids is 3. The van der Waals surface area contributed by atoms with E-state index in [-0.39, 0.29) is 53.9 Å². The largest absolute Gasteiger partial charge is 0.471 e. The third-order valence-electron chi connectivity index (χ3n) is 6.06. The molecule has 0 unspecified atom stereocenters. The van der Waals surface area contributed by atoms with Crippen molar-refractivity contribution in [1.82, 2.24) is 19.8 Å². The third kappa shape index (κ3) is 5.96. The summed E-state index contributed by atoms with van der Waals surface area (Å²) in [5.41, 5.74) is 0.339. The average Bonchev–Trinajstić information content (AvgIpc) is 3.16. The summed E-state index contributed by atoms with van der Waals surface area (Å²) >= 11 is 6.19. The molecule has 1 fully saturated rings. The van der Waals surface area contributed by atoms with E-state index in [1.54, 1.807) is 13.0 Å². The van der Waals surface area contributed by atoms with E-state index in [0.717, 1.165) is 21.9 Å². The Morgan fingerprint density at radius 3 is 2.67 bits per heavy atom. The minimum atomic E-state index is -1.02. The number of nitrogens with zero attached hydrogens (tertiary/aromatic N) is 3. The maximum Gasteiger partial charge on any atom is 0.280 e. The van der Waals surface area contributed by atoms with Crippen LogP contribution in [0.5, 0.6) is 5.88 Å². The number of methoxy groups -OCH3 is 1. The number of imide groups is 1. The SMILES string of the molecule is COCCN1C(=O)C[C@H](NC(=O)c2ccc(C)c(-n3cnc(OCc4ccc(F)cc4F)c(Cl)c3=O)c2)C1=O. The van der Waals surface area contributed by atoms with Gasteiger partial charge in [0.25, 0.3) is 17.4 Å². The summed E-state index contributed by atoms with van der Waals surface area (Å²) in [4.78, 5) is 55.7. The van der Waals surface area contributed by atoms with Crippen molar-refractivity contribution in [1.29, 1.82) is 0 Å². The molecular weight excluding hydrogens is 538 g/mol. The molecule has 1 atom stereocenters. The highest BCUT2D eigenvalue weighted by atomic mass is 35.5. The van der Waals surface area contributed by atoms with E-state index in [9.17, 15) is 28.0 Å². The van der Waals surface area contributed by atoms with E-state index in [2.05, 4.69) is 10.3 Å². The van der Waals surface area contributed by atoms with Gasteiger partial charge in [0.15, 0.2) is 5.02 Å². The summed E-state index contributed by atoms with van der Waals surface area (Å²) in [6.45, 7) is 1.62. The number of halogens is 3. The lowest BCUT2D eigenvalue weighted by atomic mass is 10.1. The van der Waals surface area contributed by atoms with E-state index in [1.165, 1.54) is 25.3 Å². The molecule has 0 radical (unpaired) electrons. The number of hydrogen-bond acceptors (Lipinski definition) is 7. The topological polar surface area (TPSA) is 120 Å².